The molecule has 7 heteroatoms. The summed E-state index contributed by atoms with van der Waals surface area (Å²) in [5.74, 6) is -1.05. The standard InChI is InChI=1S/C10H8N2O5/c1-16-8-4-6(5-11)3-7(10(13)17-2)9(8)12(14)15/h3-4H,1-2H3. The zero-order chi connectivity index (χ0) is 13.0. The van der Waals surface area contributed by atoms with E-state index >= 15 is 0 Å². The van der Waals surface area contributed by atoms with E-state index in [4.69, 9.17) is 10.00 Å². The lowest BCUT2D eigenvalue weighted by atomic mass is 10.1. The smallest absolute Gasteiger partial charge is 0.345 e. The molecule has 1 aromatic carbocycles. The molecule has 0 unspecified atom stereocenters. The van der Waals surface area contributed by atoms with Crippen LogP contribution in [0.2, 0.25) is 0 Å². The quantitative estimate of drug-likeness (QED) is 0.444. The Bertz CT molecular complexity index is 518. The van der Waals surface area contributed by atoms with Gasteiger partial charge in [0.25, 0.3) is 0 Å². The van der Waals surface area contributed by atoms with Crippen LogP contribution in [0.4, 0.5) is 5.69 Å². The molecule has 0 aromatic heterocycles. The third-order valence-electron chi connectivity index (χ3n) is 2.01. The monoisotopic (exact) mass is 236 g/mol. The predicted molar refractivity (Wildman–Crippen MR) is 55.7 cm³/mol. The average Bonchev–Trinajstić information content (AvgIpc) is 2.35. The zero-order valence-electron chi connectivity index (χ0n) is 9.09. The van der Waals surface area contributed by atoms with Crippen LogP contribution < -0.4 is 4.74 Å². The Kier molecular flexibility index (Phi) is 3.62. The predicted octanol–water partition coefficient (Wildman–Crippen LogP) is 1.26. The molecule has 0 aliphatic rings. The number of nitro benzene ring substituents is 1. The molecule has 7 nitrogen and oxygen atoms in total. The van der Waals surface area contributed by atoms with Crippen LogP contribution in [0.1, 0.15) is 15.9 Å². The van der Waals surface area contributed by atoms with Crippen LogP contribution in [-0.4, -0.2) is 25.1 Å². The van der Waals surface area contributed by atoms with Gasteiger partial charge in [0.1, 0.15) is 5.56 Å². The molecule has 0 heterocycles. The van der Waals surface area contributed by atoms with Gasteiger partial charge >= 0.3 is 11.7 Å². The first-order chi connectivity index (χ1) is 8.04. The fourth-order valence-corrected chi connectivity index (χ4v) is 1.28. The summed E-state index contributed by atoms with van der Waals surface area (Å²) >= 11 is 0. The van der Waals surface area contributed by atoms with Gasteiger partial charge in [0.15, 0.2) is 5.75 Å². The van der Waals surface area contributed by atoms with Crippen LogP contribution in [-0.2, 0) is 4.74 Å². The number of nitro groups is 1. The number of hydrogen-bond donors (Lipinski definition) is 0. The Labute approximate surface area is 96.3 Å². The van der Waals surface area contributed by atoms with Crippen molar-refractivity contribution in [2.45, 2.75) is 0 Å². The highest BCUT2D eigenvalue weighted by molar-refractivity contribution is 5.95. The first kappa shape index (κ1) is 12.4. The summed E-state index contributed by atoms with van der Waals surface area (Å²) in [5, 5.41) is 19.6. The van der Waals surface area contributed by atoms with Crippen molar-refractivity contribution in [2.75, 3.05) is 14.2 Å². The summed E-state index contributed by atoms with van der Waals surface area (Å²) in [6, 6.07) is 4.05. The highest BCUT2D eigenvalue weighted by Gasteiger charge is 2.27. The number of hydrogen-bond acceptors (Lipinski definition) is 6. The van der Waals surface area contributed by atoms with Gasteiger partial charge in [-0.25, -0.2) is 4.79 Å². The van der Waals surface area contributed by atoms with Crippen molar-refractivity contribution in [2.24, 2.45) is 0 Å². The van der Waals surface area contributed by atoms with Crippen molar-refractivity contribution in [3.8, 4) is 11.8 Å². The van der Waals surface area contributed by atoms with E-state index in [0.29, 0.717) is 0 Å². The van der Waals surface area contributed by atoms with Crippen LogP contribution in [0.5, 0.6) is 5.75 Å². The molecule has 0 saturated heterocycles. The Balaban J connectivity index is 3.59. The number of esters is 1. The molecule has 0 atom stereocenters. The van der Waals surface area contributed by atoms with Gasteiger partial charge in [-0.15, -0.1) is 0 Å². The largest absolute Gasteiger partial charge is 0.490 e. The van der Waals surface area contributed by atoms with E-state index in [9.17, 15) is 14.9 Å². The molecule has 0 N–H and O–H groups in total. The summed E-state index contributed by atoms with van der Waals surface area (Å²) in [5.41, 5.74) is -0.750. The topological polar surface area (TPSA) is 102 Å². The van der Waals surface area contributed by atoms with E-state index < -0.39 is 16.6 Å². The lowest BCUT2D eigenvalue weighted by molar-refractivity contribution is -0.386. The average molecular weight is 236 g/mol. The maximum atomic E-state index is 11.4. The molecule has 1 rings (SSSR count). The highest BCUT2D eigenvalue weighted by atomic mass is 16.6. The second-order valence-electron chi connectivity index (χ2n) is 2.94. The van der Waals surface area contributed by atoms with Crippen molar-refractivity contribution in [3.63, 3.8) is 0 Å². The van der Waals surface area contributed by atoms with Crippen LogP contribution in [0, 0.1) is 21.4 Å². The highest BCUT2D eigenvalue weighted by Crippen LogP contribution is 2.32. The second-order valence-corrected chi connectivity index (χ2v) is 2.94. The third kappa shape index (κ3) is 2.31. The number of nitrogens with zero attached hydrogens (tertiary/aromatic N) is 2. The minimum absolute atomic E-state index is 0.0767. The zero-order valence-corrected chi connectivity index (χ0v) is 9.09. The molecule has 0 aliphatic carbocycles. The van der Waals surface area contributed by atoms with Crippen molar-refractivity contribution < 1.29 is 19.2 Å². The number of rotatable bonds is 3. The minimum atomic E-state index is -0.896. The van der Waals surface area contributed by atoms with Crippen molar-refractivity contribution in [1.82, 2.24) is 0 Å². The molecule has 1 aromatic rings. The number of carbonyl (C=O) groups is 1. The Hall–Kier alpha value is -2.62. The molecule has 0 saturated carbocycles. The lowest BCUT2D eigenvalue weighted by Gasteiger charge is -2.06. The first-order valence-corrected chi connectivity index (χ1v) is 4.40. The van der Waals surface area contributed by atoms with Gasteiger partial charge in [-0.1, -0.05) is 0 Å². The summed E-state index contributed by atoms with van der Waals surface area (Å²) in [4.78, 5) is 21.5. The molecule has 17 heavy (non-hydrogen) atoms. The maximum absolute atomic E-state index is 11.4. The van der Waals surface area contributed by atoms with Crippen molar-refractivity contribution in [3.05, 3.63) is 33.4 Å². The molecule has 0 amide bonds. The van der Waals surface area contributed by atoms with E-state index in [-0.39, 0.29) is 16.9 Å². The Morgan fingerprint density at radius 2 is 2.12 bits per heavy atom. The minimum Gasteiger partial charge on any atom is -0.490 e. The first-order valence-electron chi connectivity index (χ1n) is 4.40. The SMILES string of the molecule is COC(=O)c1cc(C#N)cc(OC)c1[N+](=O)[O-]. The fourth-order valence-electron chi connectivity index (χ4n) is 1.28. The summed E-state index contributed by atoms with van der Waals surface area (Å²) in [7, 11) is 2.31. The van der Waals surface area contributed by atoms with Crippen LogP contribution in [0.3, 0.4) is 0 Å². The second kappa shape index (κ2) is 4.94. The molecule has 0 aliphatic heterocycles. The summed E-state index contributed by atoms with van der Waals surface area (Å²) in [6.45, 7) is 0. The fraction of sp³-hybridized carbons (Fsp3) is 0.200. The van der Waals surface area contributed by atoms with Gasteiger partial charge in [-0.3, -0.25) is 10.1 Å². The van der Waals surface area contributed by atoms with Gasteiger partial charge in [0.05, 0.1) is 30.8 Å². The molecule has 0 bridgehead atoms. The number of methoxy groups -OCH3 is 2. The van der Waals surface area contributed by atoms with Gasteiger partial charge < -0.3 is 9.47 Å². The third-order valence-corrected chi connectivity index (χ3v) is 2.01. The van der Waals surface area contributed by atoms with E-state index in [1.54, 1.807) is 6.07 Å². The molecular formula is C10H8N2O5. The van der Waals surface area contributed by atoms with E-state index in [1.165, 1.54) is 13.2 Å². The van der Waals surface area contributed by atoms with Crippen LogP contribution in [0.25, 0.3) is 0 Å². The summed E-state index contributed by atoms with van der Waals surface area (Å²) in [6.07, 6.45) is 0. The number of ether oxygens (including phenoxy) is 2. The van der Waals surface area contributed by atoms with Gasteiger partial charge in [-0.2, -0.15) is 5.26 Å². The van der Waals surface area contributed by atoms with E-state index in [1.807, 2.05) is 0 Å². The van der Waals surface area contributed by atoms with Crippen molar-refractivity contribution >= 4 is 11.7 Å². The Morgan fingerprint density at radius 1 is 1.47 bits per heavy atom. The van der Waals surface area contributed by atoms with Crippen molar-refractivity contribution in [1.29, 1.82) is 5.26 Å². The molecule has 0 fully saturated rings. The summed E-state index contributed by atoms with van der Waals surface area (Å²) < 4.78 is 9.20. The van der Waals surface area contributed by atoms with Crippen LogP contribution in [0.15, 0.2) is 12.1 Å². The van der Waals surface area contributed by atoms with Gasteiger partial charge in [0, 0.05) is 6.07 Å². The normalized spacial score (nSPS) is 9.24. The van der Waals surface area contributed by atoms with Gasteiger partial charge in [0.2, 0.25) is 0 Å². The number of benzene rings is 1. The molecule has 0 spiro atoms. The van der Waals surface area contributed by atoms with E-state index in [0.717, 1.165) is 13.2 Å². The Morgan fingerprint density at radius 3 is 2.53 bits per heavy atom. The lowest BCUT2D eigenvalue weighted by Crippen LogP contribution is -2.07. The molecular weight excluding hydrogens is 228 g/mol. The molecule has 0 radical (unpaired) electrons. The number of carbonyl (C=O) groups excluding carboxylic acids is 1. The molecule has 88 valence electrons. The van der Waals surface area contributed by atoms with E-state index in [2.05, 4.69) is 4.74 Å². The maximum Gasteiger partial charge on any atom is 0.345 e. The number of nitriles is 1. The van der Waals surface area contributed by atoms with Crippen LogP contribution >= 0.6 is 0 Å². The van der Waals surface area contributed by atoms with Gasteiger partial charge in [-0.05, 0) is 6.07 Å².